The van der Waals surface area contributed by atoms with Crippen molar-refractivity contribution in [1.29, 1.82) is 0 Å². The zero-order valence-corrected chi connectivity index (χ0v) is 14.8. The third-order valence-corrected chi connectivity index (χ3v) is 4.59. The number of hydrogen-bond acceptors (Lipinski definition) is 4. The lowest BCUT2D eigenvalue weighted by molar-refractivity contribution is 0.0891. The largest absolute Gasteiger partial charge is 0.493 e. The number of carbonyl (C=O) groups is 1. The van der Waals surface area contributed by atoms with Gasteiger partial charge < -0.3 is 19.6 Å². The normalized spacial score (nSPS) is 12.2. The highest BCUT2D eigenvalue weighted by Crippen LogP contribution is 2.28. The number of fused-ring (bicyclic) bond motifs is 2. The average molecular weight is 361 g/mol. The Morgan fingerprint density at radius 2 is 1.81 bits per heavy atom. The van der Waals surface area contributed by atoms with E-state index in [9.17, 15) is 9.90 Å². The molecular formula is C22H19NO4. The fourth-order valence-corrected chi connectivity index (χ4v) is 3.24. The van der Waals surface area contributed by atoms with Crippen molar-refractivity contribution in [2.24, 2.45) is 0 Å². The number of amides is 1. The molecule has 4 aromatic rings. The Morgan fingerprint density at radius 1 is 1.07 bits per heavy atom. The van der Waals surface area contributed by atoms with E-state index in [2.05, 4.69) is 5.32 Å². The van der Waals surface area contributed by atoms with E-state index in [0.29, 0.717) is 11.3 Å². The predicted octanol–water partition coefficient (Wildman–Crippen LogP) is 4.06. The number of rotatable bonds is 5. The minimum atomic E-state index is -0.820. The zero-order chi connectivity index (χ0) is 18.8. The first kappa shape index (κ1) is 17.1. The van der Waals surface area contributed by atoms with Gasteiger partial charge in [0, 0.05) is 11.9 Å². The fourth-order valence-electron chi connectivity index (χ4n) is 3.24. The summed E-state index contributed by atoms with van der Waals surface area (Å²) in [4.78, 5) is 12.5. The molecule has 0 unspecified atom stereocenters. The van der Waals surface area contributed by atoms with E-state index in [1.54, 1.807) is 19.2 Å². The summed E-state index contributed by atoms with van der Waals surface area (Å²) in [5, 5.41) is 16.1. The Labute approximate surface area is 156 Å². The monoisotopic (exact) mass is 361 g/mol. The molecule has 4 rings (SSSR count). The van der Waals surface area contributed by atoms with E-state index in [1.165, 1.54) is 0 Å². The maximum atomic E-state index is 12.5. The number of aliphatic hydroxyl groups excluding tert-OH is 1. The molecule has 5 nitrogen and oxygen atoms in total. The Balaban J connectivity index is 1.52. The molecule has 0 spiro atoms. The molecule has 3 aromatic carbocycles. The summed E-state index contributed by atoms with van der Waals surface area (Å²) in [6, 6.07) is 20.7. The van der Waals surface area contributed by atoms with Crippen LogP contribution in [0.1, 0.15) is 22.2 Å². The molecule has 0 bridgehead atoms. The summed E-state index contributed by atoms with van der Waals surface area (Å²) < 4.78 is 10.9. The standard InChI is InChI=1S/C22H19NO4/c1-26-19-11-5-8-15-12-20(27-21(15)19)22(25)23-13-18(24)17-10-4-7-14-6-2-3-9-16(14)17/h2-12,18,24H,13H2,1H3,(H,23,25)/t18-/m0/s1. The Kier molecular flexibility index (Phi) is 4.52. The molecule has 27 heavy (non-hydrogen) atoms. The van der Waals surface area contributed by atoms with Gasteiger partial charge in [0.25, 0.3) is 5.91 Å². The first-order valence-corrected chi connectivity index (χ1v) is 8.68. The highest BCUT2D eigenvalue weighted by molar-refractivity contribution is 5.97. The summed E-state index contributed by atoms with van der Waals surface area (Å²) in [6.07, 6.45) is -0.820. The fraction of sp³-hybridized carbons (Fsp3) is 0.136. The van der Waals surface area contributed by atoms with Gasteiger partial charge in [-0.1, -0.05) is 54.6 Å². The third kappa shape index (κ3) is 3.25. The van der Waals surface area contributed by atoms with Crippen molar-refractivity contribution in [2.45, 2.75) is 6.10 Å². The second-order valence-corrected chi connectivity index (χ2v) is 6.28. The molecule has 0 aliphatic rings. The van der Waals surface area contributed by atoms with Gasteiger partial charge in [0.15, 0.2) is 17.1 Å². The number of ether oxygens (including phenoxy) is 1. The second kappa shape index (κ2) is 7.13. The summed E-state index contributed by atoms with van der Waals surface area (Å²) in [7, 11) is 1.55. The predicted molar refractivity (Wildman–Crippen MR) is 104 cm³/mol. The molecule has 0 aliphatic heterocycles. The molecule has 1 heterocycles. The van der Waals surface area contributed by atoms with E-state index in [0.717, 1.165) is 21.7 Å². The van der Waals surface area contributed by atoms with Crippen LogP contribution >= 0.6 is 0 Å². The SMILES string of the molecule is COc1cccc2cc(C(=O)NC[C@H](O)c3cccc4ccccc34)oc12. The van der Waals surface area contributed by atoms with Gasteiger partial charge in [0.2, 0.25) is 0 Å². The van der Waals surface area contributed by atoms with Gasteiger partial charge in [0.05, 0.1) is 13.2 Å². The van der Waals surface area contributed by atoms with Gasteiger partial charge in [-0.25, -0.2) is 0 Å². The number of hydrogen-bond donors (Lipinski definition) is 2. The van der Waals surface area contributed by atoms with E-state index in [4.69, 9.17) is 9.15 Å². The molecule has 1 atom stereocenters. The van der Waals surface area contributed by atoms with Gasteiger partial charge in [-0.15, -0.1) is 0 Å². The molecule has 5 heteroatoms. The highest BCUT2D eigenvalue weighted by atomic mass is 16.5. The van der Waals surface area contributed by atoms with Crippen molar-refractivity contribution < 1.29 is 19.1 Å². The van der Waals surface area contributed by atoms with Gasteiger partial charge in [-0.2, -0.15) is 0 Å². The van der Waals surface area contributed by atoms with Crippen LogP contribution in [0.4, 0.5) is 0 Å². The lowest BCUT2D eigenvalue weighted by Crippen LogP contribution is -2.28. The maximum Gasteiger partial charge on any atom is 0.287 e. The van der Waals surface area contributed by atoms with Crippen LogP contribution in [0.3, 0.4) is 0 Å². The van der Waals surface area contributed by atoms with Gasteiger partial charge in [-0.3, -0.25) is 4.79 Å². The summed E-state index contributed by atoms with van der Waals surface area (Å²) >= 11 is 0. The van der Waals surface area contributed by atoms with Gasteiger partial charge in [-0.05, 0) is 28.5 Å². The van der Waals surface area contributed by atoms with Crippen LogP contribution in [0.5, 0.6) is 5.75 Å². The first-order valence-electron chi connectivity index (χ1n) is 8.68. The number of carbonyl (C=O) groups excluding carboxylic acids is 1. The highest BCUT2D eigenvalue weighted by Gasteiger charge is 2.17. The van der Waals surface area contributed by atoms with Crippen LogP contribution in [-0.4, -0.2) is 24.7 Å². The number of furan rings is 1. The van der Waals surface area contributed by atoms with Crippen molar-refractivity contribution in [2.75, 3.05) is 13.7 Å². The van der Waals surface area contributed by atoms with Crippen LogP contribution in [0.25, 0.3) is 21.7 Å². The lowest BCUT2D eigenvalue weighted by Gasteiger charge is -2.14. The minimum absolute atomic E-state index is 0.0843. The smallest absolute Gasteiger partial charge is 0.287 e. The van der Waals surface area contributed by atoms with Crippen molar-refractivity contribution in [3.05, 3.63) is 78.1 Å². The summed E-state index contributed by atoms with van der Waals surface area (Å²) in [5.41, 5.74) is 1.31. The molecule has 0 fully saturated rings. The molecule has 0 radical (unpaired) electrons. The number of nitrogens with one attached hydrogen (secondary N) is 1. The Bertz CT molecular complexity index is 1110. The van der Waals surface area contributed by atoms with Crippen molar-refractivity contribution in [3.8, 4) is 5.75 Å². The maximum absolute atomic E-state index is 12.5. The average Bonchev–Trinajstić information content (AvgIpc) is 3.15. The van der Waals surface area contributed by atoms with E-state index in [1.807, 2.05) is 54.6 Å². The minimum Gasteiger partial charge on any atom is -0.493 e. The van der Waals surface area contributed by atoms with E-state index >= 15 is 0 Å². The van der Waals surface area contributed by atoms with Crippen LogP contribution in [-0.2, 0) is 0 Å². The summed E-state index contributed by atoms with van der Waals surface area (Å²) in [5.74, 6) is 0.370. The number of aliphatic hydroxyl groups is 1. The molecule has 0 aliphatic carbocycles. The molecule has 136 valence electrons. The molecule has 0 saturated heterocycles. The molecule has 2 N–H and O–H groups in total. The van der Waals surface area contributed by atoms with Crippen LogP contribution in [0.2, 0.25) is 0 Å². The van der Waals surface area contributed by atoms with E-state index < -0.39 is 6.10 Å². The van der Waals surface area contributed by atoms with Crippen molar-refractivity contribution in [3.63, 3.8) is 0 Å². The Hall–Kier alpha value is -3.31. The number of benzene rings is 3. The van der Waals surface area contributed by atoms with Crippen molar-refractivity contribution in [1.82, 2.24) is 5.32 Å². The third-order valence-electron chi connectivity index (χ3n) is 4.59. The van der Waals surface area contributed by atoms with Crippen LogP contribution < -0.4 is 10.1 Å². The zero-order valence-electron chi connectivity index (χ0n) is 14.8. The molecule has 1 aromatic heterocycles. The van der Waals surface area contributed by atoms with Crippen molar-refractivity contribution >= 4 is 27.6 Å². The quantitative estimate of drug-likeness (QED) is 0.562. The van der Waals surface area contributed by atoms with Gasteiger partial charge in [0.1, 0.15) is 0 Å². The Morgan fingerprint density at radius 3 is 2.67 bits per heavy atom. The molecular weight excluding hydrogens is 342 g/mol. The topological polar surface area (TPSA) is 71.7 Å². The van der Waals surface area contributed by atoms with Crippen LogP contribution in [0, 0.1) is 0 Å². The van der Waals surface area contributed by atoms with E-state index in [-0.39, 0.29) is 18.2 Å². The summed E-state index contributed by atoms with van der Waals surface area (Å²) in [6.45, 7) is 0.0843. The molecule has 0 saturated carbocycles. The van der Waals surface area contributed by atoms with Crippen LogP contribution in [0.15, 0.2) is 71.1 Å². The number of methoxy groups -OCH3 is 1. The second-order valence-electron chi connectivity index (χ2n) is 6.28. The number of para-hydroxylation sites is 1. The first-order chi connectivity index (χ1) is 13.2. The van der Waals surface area contributed by atoms with Gasteiger partial charge >= 0.3 is 0 Å². The lowest BCUT2D eigenvalue weighted by atomic mass is 10.0. The molecule has 1 amide bonds.